The van der Waals surface area contributed by atoms with Crippen LogP contribution in [0.5, 0.6) is 0 Å². The van der Waals surface area contributed by atoms with E-state index in [0.29, 0.717) is 19.4 Å². The molecule has 31 heavy (non-hydrogen) atoms. The Hall–Kier alpha value is -4.15. The van der Waals surface area contributed by atoms with Gasteiger partial charge in [0.1, 0.15) is 12.6 Å². The average Bonchev–Trinajstić information content (AvgIpc) is 3.39. The minimum atomic E-state index is -0.561. The molecule has 1 fully saturated rings. The zero-order valence-electron chi connectivity index (χ0n) is 17.3. The van der Waals surface area contributed by atoms with Crippen LogP contribution in [0.15, 0.2) is 48.5 Å². The summed E-state index contributed by atoms with van der Waals surface area (Å²) in [6.07, 6.45) is 2.44. The Labute approximate surface area is 176 Å². The third kappa shape index (κ3) is 3.97. The van der Waals surface area contributed by atoms with Gasteiger partial charge >= 0.3 is 6.09 Å². The van der Waals surface area contributed by atoms with Gasteiger partial charge in [-0.05, 0) is 41.5 Å². The van der Waals surface area contributed by atoms with Gasteiger partial charge in [0.05, 0.1) is 0 Å². The quantitative estimate of drug-likeness (QED) is 0.475. The number of carbonyl (C=O) groups is 2. The first kappa shape index (κ1) is 21.6. The van der Waals surface area contributed by atoms with Gasteiger partial charge < -0.3 is 15.5 Å². The number of nitrogens with one attached hydrogen (secondary N) is 1. The van der Waals surface area contributed by atoms with Crippen LogP contribution in [-0.4, -0.2) is 48.4 Å². The molecular weight excluding hydrogens is 640 g/mol. The molecule has 1 radical (unpaired) electrons. The molecule has 0 unspecified atom stereocenters. The van der Waals surface area contributed by atoms with Crippen molar-refractivity contribution in [2.45, 2.75) is 44.2 Å². The molecule has 2 aliphatic rings. The second-order valence-electron chi connectivity index (χ2n) is 7.83. The number of hydrogen-bond acceptors (Lipinski definition) is 3. The summed E-state index contributed by atoms with van der Waals surface area (Å²) >= 11 is 0. The van der Waals surface area contributed by atoms with E-state index in [0.717, 1.165) is 23.8 Å². The topological polar surface area (TPSA) is 80.9 Å². The van der Waals surface area contributed by atoms with Gasteiger partial charge in [-0.25, -0.2) is 4.79 Å². The molecule has 0 saturated carbocycles. The average molecular weight is 666 g/mol. The molecule has 1 N–H and O–H groups in total. The summed E-state index contributed by atoms with van der Waals surface area (Å²) in [4.78, 5) is 26.9. The second kappa shape index (κ2) is 9.11. The molecule has 6 nitrogen and oxygen atoms in total. The van der Waals surface area contributed by atoms with Gasteiger partial charge in [0.2, 0.25) is 5.91 Å². The first-order valence-corrected chi connectivity index (χ1v) is 10.5. The van der Waals surface area contributed by atoms with Gasteiger partial charge in [-0.2, -0.15) is 6.21 Å². The molecule has 7 heteroatoms. The molecule has 1 aliphatic heterocycles. The van der Waals surface area contributed by atoms with Crippen molar-refractivity contribution in [3.63, 3.8) is 0 Å². The number of carbonyl (C=O) groups excluding carboxylic acids is 2. The van der Waals surface area contributed by atoms with Crippen LogP contribution in [-0.2, 0) is 9.53 Å². The maximum absolute atomic E-state index is 12.8. The Kier molecular flexibility index (Phi) is 6.34. The Bertz CT molecular complexity index is 919. The monoisotopic (exact) mass is 666 g/mol. The number of benzene rings is 2. The van der Waals surface area contributed by atoms with Crippen molar-refractivity contribution in [1.82, 2.24) is 10.2 Å². The standard InChI is InChI=1S/C24H26N3O3.Lr/c1-2-16(14-25)26-23(28)22-12-7-13-27(22)24(29)30-15-21-19-10-5-3-8-17(19)18-9-4-6-11-20(18)21;/h3-6,8-11,14,16,21-22H,2,7,12-13,15H2,1H3,(H,26,28);/q-1;/t16-,22-;/m0./s1. The zero-order valence-corrected chi connectivity index (χ0v) is 19.5. The van der Waals surface area contributed by atoms with E-state index in [9.17, 15) is 15.0 Å². The number of ether oxygens (including phenoxy) is 1. The third-order valence-corrected chi connectivity index (χ3v) is 6.07. The van der Waals surface area contributed by atoms with Crippen molar-refractivity contribution in [3.8, 4) is 11.1 Å². The number of likely N-dealkylation sites (tertiary alicyclic amines) is 1. The van der Waals surface area contributed by atoms with Crippen LogP contribution in [0, 0.1) is 0 Å². The Morgan fingerprint density at radius 1 is 1.16 bits per heavy atom. The minimum Gasteiger partial charge on any atom is -0.813 e. The summed E-state index contributed by atoms with van der Waals surface area (Å²) in [6.45, 7) is 2.60. The third-order valence-electron chi connectivity index (χ3n) is 6.07. The summed E-state index contributed by atoms with van der Waals surface area (Å²) in [5.41, 5.74) is 4.68. The number of fused-ring (bicyclic) bond motifs is 3. The van der Waals surface area contributed by atoms with E-state index in [1.165, 1.54) is 16.0 Å². The van der Waals surface area contributed by atoms with Gasteiger partial charge in [0.15, 0.2) is 0 Å². The van der Waals surface area contributed by atoms with E-state index in [2.05, 4.69) is 29.6 Å². The zero-order chi connectivity index (χ0) is 21.1. The number of amides is 2. The fourth-order valence-corrected chi connectivity index (χ4v) is 4.46. The van der Waals surface area contributed by atoms with E-state index < -0.39 is 18.2 Å². The van der Waals surface area contributed by atoms with E-state index in [-0.39, 0.29) is 18.4 Å². The summed E-state index contributed by atoms with van der Waals surface area (Å²) in [7, 11) is 0. The molecule has 1 aliphatic carbocycles. The molecule has 0 bridgehead atoms. The second-order valence-corrected chi connectivity index (χ2v) is 7.83. The van der Waals surface area contributed by atoms with Crippen molar-refractivity contribution in [1.29, 1.82) is 0 Å². The molecule has 4 rings (SSSR count). The van der Waals surface area contributed by atoms with Crippen LogP contribution in [0.2, 0.25) is 0 Å². The summed E-state index contributed by atoms with van der Waals surface area (Å²) in [5, 5.41) is 12.0. The first-order valence-electron chi connectivity index (χ1n) is 10.5. The number of rotatable bonds is 6. The Morgan fingerprint density at radius 3 is 2.35 bits per heavy atom. The predicted octanol–water partition coefficient (Wildman–Crippen LogP) is 3.93. The molecule has 2 aromatic rings. The summed E-state index contributed by atoms with van der Waals surface area (Å²) < 4.78 is 5.71. The van der Waals surface area contributed by atoms with Gasteiger partial charge in [0, 0.05) is 18.5 Å². The molecule has 2 aromatic carbocycles. The van der Waals surface area contributed by atoms with Crippen molar-refractivity contribution in [2.24, 2.45) is 0 Å². The predicted molar refractivity (Wildman–Crippen MR) is 116 cm³/mol. The van der Waals surface area contributed by atoms with E-state index >= 15 is 0 Å². The SMILES string of the molecule is CC[C@@H](C=[N-])NC(=O)[C@@H]1CCCN1C(=O)OCC1c2ccccc2-c2ccccc21.[Lr]. The van der Waals surface area contributed by atoms with Crippen molar-refractivity contribution >= 4 is 18.2 Å². The maximum atomic E-state index is 12.8. The number of nitrogens with zero attached hydrogens (tertiary/aromatic N) is 2. The largest absolute Gasteiger partial charge is 0.813 e. The van der Waals surface area contributed by atoms with E-state index in [1.54, 1.807) is 0 Å². The minimum absolute atomic E-state index is 0. The molecule has 2 atom stereocenters. The molecule has 1 heterocycles. The van der Waals surface area contributed by atoms with E-state index in [4.69, 9.17) is 4.74 Å². The van der Waals surface area contributed by atoms with Crippen LogP contribution in [0.3, 0.4) is 0 Å². The van der Waals surface area contributed by atoms with Crippen LogP contribution in [0.4, 0.5) is 4.79 Å². The van der Waals surface area contributed by atoms with Gasteiger partial charge in [0.25, 0.3) is 0 Å². The van der Waals surface area contributed by atoms with Gasteiger partial charge in [-0.1, -0.05) is 55.5 Å². The Balaban J connectivity index is 0.00000272. The van der Waals surface area contributed by atoms with Crippen LogP contribution < -0.4 is 5.32 Å². The van der Waals surface area contributed by atoms with Crippen molar-refractivity contribution in [3.05, 3.63) is 65.1 Å². The fourth-order valence-electron chi connectivity index (χ4n) is 4.46. The Morgan fingerprint density at radius 2 is 1.77 bits per heavy atom. The maximum Gasteiger partial charge on any atom is 0.410 e. The number of hydrogen-bond donors (Lipinski definition) is 1. The normalized spacial score (nSPS) is 17.8. The molecule has 171 valence electrons. The molecule has 2 amide bonds. The smallest absolute Gasteiger partial charge is 0.410 e. The molecule has 1 saturated heterocycles. The van der Waals surface area contributed by atoms with Crippen molar-refractivity contribution in [2.75, 3.05) is 13.2 Å². The molecule has 0 aromatic heterocycles. The van der Waals surface area contributed by atoms with Crippen LogP contribution >= 0.6 is 0 Å². The summed E-state index contributed by atoms with van der Waals surface area (Å²) in [5.74, 6) is -0.261. The molecular formula is C24H26LrN3O3-. The fraction of sp³-hybridized carbons (Fsp3) is 0.375. The van der Waals surface area contributed by atoms with Crippen LogP contribution in [0.25, 0.3) is 16.5 Å². The summed E-state index contributed by atoms with van der Waals surface area (Å²) in [6, 6.07) is 15.4. The van der Waals surface area contributed by atoms with Gasteiger partial charge in [-0.3, -0.25) is 9.69 Å². The first-order chi connectivity index (χ1) is 14.6. The van der Waals surface area contributed by atoms with Crippen molar-refractivity contribution < 1.29 is 14.3 Å². The van der Waals surface area contributed by atoms with E-state index in [1.807, 2.05) is 31.2 Å². The van der Waals surface area contributed by atoms with Crippen LogP contribution in [0.1, 0.15) is 43.2 Å². The van der Waals surface area contributed by atoms with Gasteiger partial charge in [-0.15, -0.1) is 0 Å². The molecule has 0 spiro atoms.